The summed E-state index contributed by atoms with van der Waals surface area (Å²) in [7, 11) is 0. The molecule has 23 heavy (non-hydrogen) atoms. The lowest BCUT2D eigenvalue weighted by molar-refractivity contribution is -0.133. The summed E-state index contributed by atoms with van der Waals surface area (Å²) in [5.74, 6) is -0.0171. The van der Waals surface area contributed by atoms with Crippen LogP contribution in [0.3, 0.4) is 0 Å². The van der Waals surface area contributed by atoms with Gasteiger partial charge in [-0.25, -0.2) is 0 Å². The van der Waals surface area contributed by atoms with Crippen molar-refractivity contribution in [2.75, 3.05) is 19.6 Å². The standard InChI is InChI=1S/C20H24N2O/c1-2-22(18-13-14-21-15-18)20(23)19(16-9-5-3-6-10-16)17-11-7-4-8-12-17/h3-12,18-19,21H,2,13-15H2,1H3. The molecule has 2 aromatic carbocycles. The molecule has 3 rings (SSSR count). The molecule has 0 aromatic heterocycles. The molecule has 1 unspecified atom stereocenters. The molecule has 1 atom stereocenters. The summed E-state index contributed by atoms with van der Waals surface area (Å²) in [5, 5.41) is 3.37. The van der Waals surface area contributed by atoms with Crippen LogP contribution < -0.4 is 5.32 Å². The van der Waals surface area contributed by atoms with Gasteiger partial charge in [0.25, 0.3) is 0 Å². The molecule has 0 spiro atoms. The van der Waals surface area contributed by atoms with Crippen molar-refractivity contribution in [3.63, 3.8) is 0 Å². The van der Waals surface area contributed by atoms with Crippen molar-refractivity contribution < 1.29 is 4.79 Å². The number of likely N-dealkylation sites (N-methyl/N-ethyl adjacent to an activating group) is 1. The first-order chi connectivity index (χ1) is 11.3. The number of hydrogen-bond acceptors (Lipinski definition) is 2. The van der Waals surface area contributed by atoms with E-state index in [9.17, 15) is 4.79 Å². The molecule has 1 fully saturated rings. The average Bonchev–Trinajstić information content (AvgIpc) is 3.12. The third-order valence-electron chi connectivity index (χ3n) is 4.61. The van der Waals surface area contributed by atoms with Crippen LogP contribution in [0.1, 0.15) is 30.4 Å². The Bertz CT molecular complexity index is 581. The molecule has 0 bridgehead atoms. The van der Waals surface area contributed by atoms with E-state index in [1.165, 1.54) is 0 Å². The number of hydrogen-bond donors (Lipinski definition) is 1. The van der Waals surface area contributed by atoms with Gasteiger partial charge in [-0.2, -0.15) is 0 Å². The van der Waals surface area contributed by atoms with E-state index < -0.39 is 0 Å². The van der Waals surface area contributed by atoms with Gasteiger partial charge in [-0.05, 0) is 31.0 Å². The van der Waals surface area contributed by atoms with E-state index >= 15 is 0 Å². The molecule has 0 radical (unpaired) electrons. The Kier molecular flexibility index (Phi) is 5.09. The van der Waals surface area contributed by atoms with Crippen LogP contribution in [0.4, 0.5) is 0 Å². The summed E-state index contributed by atoms with van der Waals surface area (Å²) in [6.45, 7) is 4.72. The molecule has 0 aliphatic carbocycles. The average molecular weight is 308 g/mol. The highest BCUT2D eigenvalue weighted by Crippen LogP contribution is 2.28. The Morgan fingerprint density at radius 1 is 1.09 bits per heavy atom. The van der Waals surface area contributed by atoms with Crippen molar-refractivity contribution in [1.29, 1.82) is 0 Å². The summed E-state index contributed by atoms with van der Waals surface area (Å²) in [4.78, 5) is 15.4. The Hall–Kier alpha value is -2.13. The molecular weight excluding hydrogens is 284 g/mol. The molecule has 3 nitrogen and oxygen atoms in total. The summed E-state index contributed by atoms with van der Waals surface area (Å²) in [5.41, 5.74) is 2.13. The number of rotatable bonds is 5. The van der Waals surface area contributed by atoms with Crippen LogP contribution >= 0.6 is 0 Å². The monoisotopic (exact) mass is 308 g/mol. The highest BCUT2D eigenvalue weighted by molar-refractivity contribution is 5.87. The van der Waals surface area contributed by atoms with Gasteiger partial charge >= 0.3 is 0 Å². The SMILES string of the molecule is CCN(C(=O)C(c1ccccc1)c1ccccc1)C1CCNC1. The molecule has 120 valence electrons. The Balaban J connectivity index is 1.96. The van der Waals surface area contributed by atoms with Crippen molar-refractivity contribution in [3.8, 4) is 0 Å². The van der Waals surface area contributed by atoms with E-state index in [1.807, 2.05) is 41.3 Å². The normalized spacial score (nSPS) is 17.4. The minimum Gasteiger partial charge on any atom is -0.338 e. The van der Waals surface area contributed by atoms with Crippen LogP contribution in [0.2, 0.25) is 0 Å². The minimum absolute atomic E-state index is 0.207. The topological polar surface area (TPSA) is 32.3 Å². The molecule has 1 heterocycles. The Morgan fingerprint density at radius 2 is 1.65 bits per heavy atom. The number of amides is 1. The van der Waals surface area contributed by atoms with Gasteiger partial charge in [0, 0.05) is 19.1 Å². The molecular formula is C20H24N2O. The van der Waals surface area contributed by atoms with E-state index in [0.717, 1.165) is 37.2 Å². The smallest absolute Gasteiger partial charge is 0.234 e. The highest BCUT2D eigenvalue weighted by Gasteiger charge is 2.32. The number of nitrogens with zero attached hydrogens (tertiary/aromatic N) is 1. The molecule has 3 heteroatoms. The van der Waals surface area contributed by atoms with E-state index in [1.54, 1.807) is 0 Å². The van der Waals surface area contributed by atoms with Crippen molar-refractivity contribution in [1.82, 2.24) is 10.2 Å². The van der Waals surface area contributed by atoms with Gasteiger partial charge in [0.1, 0.15) is 0 Å². The summed E-state index contributed by atoms with van der Waals surface area (Å²) < 4.78 is 0. The van der Waals surface area contributed by atoms with Crippen LogP contribution in [0.25, 0.3) is 0 Å². The lowest BCUT2D eigenvalue weighted by atomic mass is 9.89. The van der Waals surface area contributed by atoms with Gasteiger partial charge in [-0.15, -0.1) is 0 Å². The maximum absolute atomic E-state index is 13.4. The number of nitrogens with one attached hydrogen (secondary N) is 1. The van der Waals surface area contributed by atoms with E-state index in [4.69, 9.17) is 0 Å². The van der Waals surface area contributed by atoms with Gasteiger partial charge in [0.05, 0.1) is 5.92 Å². The first-order valence-corrected chi connectivity index (χ1v) is 8.42. The van der Waals surface area contributed by atoms with Crippen molar-refractivity contribution in [2.45, 2.75) is 25.3 Å². The van der Waals surface area contributed by atoms with Gasteiger partial charge in [-0.1, -0.05) is 60.7 Å². The molecule has 1 N–H and O–H groups in total. The van der Waals surface area contributed by atoms with Crippen LogP contribution in [0.5, 0.6) is 0 Å². The molecule has 2 aromatic rings. The quantitative estimate of drug-likeness (QED) is 0.921. The second-order valence-corrected chi connectivity index (χ2v) is 6.03. The summed E-state index contributed by atoms with van der Waals surface area (Å²) >= 11 is 0. The predicted molar refractivity (Wildman–Crippen MR) is 93.4 cm³/mol. The largest absolute Gasteiger partial charge is 0.338 e. The summed E-state index contributed by atoms with van der Waals surface area (Å²) in [6, 6.07) is 20.5. The second kappa shape index (κ2) is 7.42. The van der Waals surface area contributed by atoms with Crippen LogP contribution in [-0.4, -0.2) is 36.5 Å². The fraction of sp³-hybridized carbons (Fsp3) is 0.350. The van der Waals surface area contributed by atoms with Crippen LogP contribution in [0, 0.1) is 0 Å². The van der Waals surface area contributed by atoms with Gasteiger partial charge in [0.15, 0.2) is 0 Å². The lowest BCUT2D eigenvalue weighted by Crippen LogP contribution is -2.44. The Labute approximate surface area is 138 Å². The van der Waals surface area contributed by atoms with E-state index in [2.05, 4.69) is 36.5 Å². The first kappa shape index (κ1) is 15.8. The maximum Gasteiger partial charge on any atom is 0.234 e. The molecule has 1 aliphatic heterocycles. The van der Waals surface area contributed by atoms with Crippen molar-refractivity contribution in [2.24, 2.45) is 0 Å². The second-order valence-electron chi connectivity index (χ2n) is 6.03. The van der Waals surface area contributed by atoms with Gasteiger partial charge in [0.2, 0.25) is 5.91 Å². The minimum atomic E-state index is -0.224. The number of carbonyl (C=O) groups is 1. The van der Waals surface area contributed by atoms with E-state index in [-0.39, 0.29) is 11.8 Å². The fourth-order valence-corrected chi connectivity index (χ4v) is 3.43. The number of carbonyl (C=O) groups excluding carboxylic acids is 1. The zero-order chi connectivity index (χ0) is 16.1. The fourth-order valence-electron chi connectivity index (χ4n) is 3.43. The molecule has 1 amide bonds. The zero-order valence-corrected chi connectivity index (χ0v) is 13.6. The first-order valence-electron chi connectivity index (χ1n) is 8.42. The summed E-state index contributed by atoms with van der Waals surface area (Å²) in [6.07, 6.45) is 1.04. The number of benzene rings is 2. The third kappa shape index (κ3) is 3.45. The molecule has 0 saturated carbocycles. The van der Waals surface area contributed by atoms with Crippen LogP contribution in [-0.2, 0) is 4.79 Å². The zero-order valence-electron chi connectivity index (χ0n) is 13.6. The van der Waals surface area contributed by atoms with Crippen molar-refractivity contribution >= 4 is 5.91 Å². The molecule has 1 aliphatic rings. The van der Waals surface area contributed by atoms with Gasteiger partial charge < -0.3 is 10.2 Å². The highest BCUT2D eigenvalue weighted by atomic mass is 16.2. The Morgan fingerprint density at radius 3 is 2.09 bits per heavy atom. The van der Waals surface area contributed by atoms with Crippen molar-refractivity contribution in [3.05, 3.63) is 71.8 Å². The van der Waals surface area contributed by atoms with Gasteiger partial charge in [-0.3, -0.25) is 4.79 Å². The third-order valence-corrected chi connectivity index (χ3v) is 4.61. The molecule has 1 saturated heterocycles. The predicted octanol–water partition coefficient (Wildman–Crippen LogP) is 3.03. The van der Waals surface area contributed by atoms with Crippen LogP contribution in [0.15, 0.2) is 60.7 Å². The lowest BCUT2D eigenvalue weighted by Gasteiger charge is -2.31. The maximum atomic E-state index is 13.4. The van der Waals surface area contributed by atoms with E-state index in [0.29, 0.717) is 6.04 Å².